The Kier molecular flexibility index (Phi) is 4.40. The summed E-state index contributed by atoms with van der Waals surface area (Å²) in [7, 11) is 0. The van der Waals surface area contributed by atoms with Crippen molar-refractivity contribution in [2.24, 2.45) is 5.73 Å². The van der Waals surface area contributed by atoms with Gasteiger partial charge in [0.15, 0.2) is 0 Å². The molecular weight excluding hydrogens is 182 g/mol. The van der Waals surface area contributed by atoms with Crippen molar-refractivity contribution < 1.29 is 30.3 Å². The van der Waals surface area contributed by atoms with Gasteiger partial charge in [0.25, 0.3) is 0 Å². The van der Waals surface area contributed by atoms with E-state index in [-0.39, 0.29) is 0 Å². The Labute approximate surface area is 74.0 Å². The zero-order valence-corrected chi connectivity index (χ0v) is 6.79. The molecule has 13 heavy (non-hydrogen) atoms. The summed E-state index contributed by atoms with van der Waals surface area (Å²) in [4.78, 5) is 10.9. The van der Waals surface area contributed by atoms with Crippen LogP contribution in [0.25, 0.3) is 0 Å². The van der Waals surface area contributed by atoms with Crippen LogP contribution in [0.4, 0.5) is 0 Å². The molecular formula is C6H13NO6. The third-order valence-corrected chi connectivity index (χ3v) is 1.55. The average molecular weight is 195 g/mol. The third-order valence-electron chi connectivity index (χ3n) is 1.55. The molecule has 0 saturated carbocycles. The van der Waals surface area contributed by atoms with Gasteiger partial charge in [-0.05, 0) is 0 Å². The molecule has 0 amide bonds. The van der Waals surface area contributed by atoms with E-state index in [0.717, 1.165) is 0 Å². The van der Waals surface area contributed by atoms with Gasteiger partial charge in [-0.3, -0.25) is 10.5 Å². The van der Waals surface area contributed by atoms with Gasteiger partial charge in [-0.25, -0.2) is 0 Å². The highest BCUT2D eigenvalue weighted by Crippen LogP contribution is 2.07. The van der Waals surface area contributed by atoms with Crippen LogP contribution in [0, 0.1) is 0 Å². The fourth-order valence-electron chi connectivity index (χ4n) is 0.653. The molecule has 0 aliphatic rings. The lowest BCUT2D eigenvalue weighted by atomic mass is 9.99. The second kappa shape index (κ2) is 4.61. The number of carbonyl (C=O) groups excluding carboxylic acids is 1. The lowest BCUT2D eigenvalue weighted by Gasteiger charge is -2.27. The normalized spacial score (nSPS) is 20.5. The number of carbonyl (C=O) groups is 1. The Bertz CT molecular complexity index is 182. The Balaban J connectivity index is 4.53. The molecule has 0 aromatic heterocycles. The maximum Gasteiger partial charge on any atom is 0.212 e. The van der Waals surface area contributed by atoms with Crippen LogP contribution >= 0.6 is 0 Å². The number of hydrogen-bond acceptors (Lipinski definition) is 7. The van der Waals surface area contributed by atoms with Crippen LogP contribution in [0.3, 0.4) is 0 Å². The first-order valence-electron chi connectivity index (χ1n) is 3.51. The van der Waals surface area contributed by atoms with Crippen molar-refractivity contribution in [3.63, 3.8) is 0 Å². The van der Waals surface area contributed by atoms with Crippen LogP contribution in [-0.2, 0) is 4.79 Å². The molecule has 1 unspecified atom stereocenters. The van der Waals surface area contributed by atoms with Crippen molar-refractivity contribution in [3.8, 4) is 0 Å². The minimum Gasteiger partial charge on any atom is -0.393 e. The molecule has 0 fully saturated rings. The number of ketones is 1. The van der Waals surface area contributed by atoms with E-state index in [2.05, 4.69) is 0 Å². The maximum atomic E-state index is 10.9. The van der Waals surface area contributed by atoms with Crippen molar-refractivity contribution in [2.45, 2.75) is 17.9 Å². The van der Waals surface area contributed by atoms with Gasteiger partial charge in [0, 0.05) is 0 Å². The molecule has 3 atom stereocenters. The number of aliphatic hydroxyl groups is 5. The van der Waals surface area contributed by atoms with E-state index in [1.54, 1.807) is 0 Å². The summed E-state index contributed by atoms with van der Waals surface area (Å²) >= 11 is 0. The van der Waals surface area contributed by atoms with Gasteiger partial charge in [0.1, 0.15) is 12.2 Å². The summed E-state index contributed by atoms with van der Waals surface area (Å²) in [6.45, 7) is -1.85. The van der Waals surface area contributed by atoms with Crippen LogP contribution in [0.1, 0.15) is 0 Å². The second-order valence-electron chi connectivity index (χ2n) is 2.59. The minimum absolute atomic E-state index is 0.920. The van der Waals surface area contributed by atoms with E-state index >= 15 is 0 Å². The van der Waals surface area contributed by atoms with Gasteiger partial charge in [-0.2, -0.15) is 0 Å². The van der Waals surface area contributed by atoms with Gasteiger partial charge in [0.05, 0.1) is 13.2 Å². The largest absolute Gasteiger partial charge is 0.393 e. The van der Waals surface area contributed by atoms with E-state index in [9.17, 15) is 4.79 Å². The van der Waals surface area contributed by atoms with Crippen LogP contribution in [0.5, 0.6) is 0 Å². The molecule has 7 heteroatoms. The Morgan fingerprint density at radius 3 is 2.08 bits per heavy atom. The van der Waals surface area contributed by atoms with Gasteiger partial charge in [-0.15, -0.1) is 0 Å². The zero-order valence-electron chi connectivity index (χ0n) is 6.79. The van der Waals surface area contributed by atoms with Gasteiger partial charge < -0.3 is 25.5 Å². The molecule has 0 spiro atoms. The molecule has 7 nitrogen and oxygen atoms in total. The number of nitrogens with two attached hydrogens (primary N) is 1. The standard InChI is InChI=1S/C6H13NO6/c7-6(13,4(11)2-9)5(12)3(10)1-8/h3-4,8-11,13H,1-2,7H2/t3?,4-,6+/m1/s1. The highest BCUT2D eigenvalue weighted by atomic mass is 16.4. The summed E-state index contributed by atoms with van der Waals surface area (Å²) in [5.41, 5.74) is 2.16. The molecule has 0 bridgehead atoms. The first-order valence-corrected chi connectivity index (χ1v) is 3.51. The summed E-state index contributed by atoms with van der Waals surface area (Å²) < 4.78 is 0. The Morgan fingerprint density at radius 1 is 1.31 bits per heavy atom. The summed E-state index contributed by atoms with van der Waals surface area (Å²) in [6.07, 6.45) is -3.78. The lowest BCUT2D eigenvalue weighted by molar-refractivity contribution is -0.163. The molecule has 0 rings (SSSR count). The minimum atomic E-state index is -2.75. The molecule has 0 saturated heterocycles. The SMILES string of the molecule is N[C@@](O)(C(=O)C(O)CO)[C@H](O)CO. The fraction of sp³-hybridized carbons (Fsp3) is 0.833. The van der Waals surface area contributed by atoms with Gasteiger partial charge in [-0.1, -0.05) is 0 Å². The molecule has 0 aliphatic carbocycles. The van der Waals surface area contributed by atoms with Gasteiger partial charge >= 0.3 is 0 Å². The van der Waals surface area contributed by atoms with E-state index in [1.807, 2.05) is 0 Å². The smallest absolute Gasteiger partial charge is 0.212 e. The third kappa shape index (κ3) is 2.69. The average Bonchev–Trinajstić information content (AvgIpc) is 2.13. The van der Waals surface area contributed by atoms with Crippen LogP contribution in [-0.4, -0.2) is 62.5 Å². The molecule has 7 N–H and O–H groups in total. The van der Waals surface area contributed by atoms with E-state index in [4.69, 9.17) is 31.3 Å². The van der Waals surface area contributed by atoms with E-state index in [0.29, 0.717) is 0 Å². The molecule has 0 aromatic carbocycles. The van der Waals surface area contributed by atoms with Crippen molar-refractivity contribution >= 4 is 5.78 Å². The van der Waals surface area contributed by atoms with Crippen molar-refractivity contribution in [1.82, 2.24) is 0 Å². The predicted molar refractivity (Wildman–Crippen MR) is 40.3 cm³/mol. The van der Waals surface area contributed by atoms with Crippen molar-refractivity contribution in [3.05, 3.63) is 0 Å². The summed E-state index contributed by atoms with van der Waals surface area (Å²) in [6, 6.07) is 0. The van der Waals surface area contributed by atoms with Gasteiger partial charge in [0.2, 0.25) is 11.5 Å². The molecule has 0 aromatic rings. The second-order valence-corrected chi connectivity index (χ2v) is 2.59. The number of hydrogen-bond donors (Lipinski definition) is 6. The monoisotopic (exact) mass is 195 g/mol. The number of aliphatic hydroxyl groups excluding tert-OH is 4. The first kappa shape index (κ1) is 12.4. The number of rotatable bonds is 5. The predicted octanol–water partition coefficient (Wildman–Crippen LogP) is -4.09. The van der Waals surface area contributed by atoms with E-state index < -0.39 is 36.9 Å². The molecule has 0 aliphatic heterocycles. The number of Topliss-reactive ketones (excluding diaryl/α,β-unsaturated/α-hetero) is 1. The first-order chi connectivity index (χ1) is 5.87. The van der Waals surface area contributed by atoms with E-state index in [1.165, 1.54) is 0 Å². The quantitative estimate of drug-likeness (QED) is 0.245. The highest BCUT2D eigenvalue weighted by Gasteiger charge is 2.41. The highest BCUT2D eigenvalue weighted by molar-refractivity contribution is 5.90. The molecule has 0 radical (unpaired) electrons. The fourth-order valence-corrected chi connectivity index (χ4v) is 0.653. The van der Waals surface area contributed by atoms with Crippen molar-refractivity contribution in [2.75, 3.05) is 13.2 Å². The van der Waals surface area contributed by atoms with Crippen LogP contribution in [0.15, 0.2) is 0 Å². The Morgan fingerprint density at radius 2 is 1.77 bits per heavy atom. The summed E-state index contributed by atoms with van der Waals surface area (Å²) in [5.74, 6) is -1.35. The van der Waals surface area contributed by atoms with Crippen molar-refractivity contribution in [1.29, 1.82) is 0 Å². The topological polar surface area (TPSA) is 144 Å². The Hall–Kier alpha value is -0.570. The maximum absolute atomic E-state index is 10.9. The summed E-state index contributed by atoms with van der Waals surface area (Å²) in [5, 5.41) is 43.5. The molecule has 78 valence electrons. The lowest BCUT2D eigenvalue weighted by Crippen LogP contribution is -2.62. The van der Waals surface area contributed by atoms with Crippen LogP contribution < -0.4 is 5.73 Å². The van der Waals surface area contributed by atoms with Crippen LogP contribution in [0.2, 0.25) is 0 Å². The zero-order chi connectivity index (χ0) is 10.6. The molecule has 0 heterocycles.